The van der Waals surface area contributed by atoms with E-state index in [9.17, 15) is 4.79 Å². The van der Waals surface area contributed by atoms with Gasteiger partial charge in [-0.2, -0.15) is 5.10 Å². The van der Waals surface area contributed by atoms with Crippen molar-refractivity contribution >= 4 is 5.91 Å². The van der Waals surface area contributed by atoms with Crippen LogP contribution in [-0.2, 0) is 23.1 Å². The second-order valence-corrected chi connectivity index (χ2v) is 9.00. The first-order valence-corrected chi connectivity index (χ1v) is 12.0. The Morgan fingerprint density at radius 3 is 2.50 bits per heavy atom. The molecule has 0 spiro atoms. The highest BCUT2D eigenvalue weighted by Gasteiger charge is 2.36. The molecule has 1 amide bonds. The molecule has 7 heteroatoms. The summed E-state index contributed by atoms with van der Waals surface area (Å²) in [7, 11) is 3.49. The number of carbonyl (C=O) groups is 1. The van der Waals surface area contributed by atoms with Crippen molar-refractivity contribution in [3.63, 3.8) is 0 Å². The molecule has 34 heavy (non-hydrogen) atoms. The van der Waals surface area contributed by atoms with Crippen LogP contribution < -0.4 is 9.47 Å². The van der Waals surface area contributed by atoms with Crippen molar-refractivity contribution in [2.45, 2.75) is 38.3 Å². The van der Waals surface area contributed by atoms with Crippen molar-refractivity contribution in [3.8, 4) is 28.6 Å². The van der Waals surface area contributed by atoms with Crippen LogP contribution in [0.5, 0.6) is 17.4 Å². The fourth-order valence-electron chi connectivity index (χ4n) is 4.50. The van der Waals surface area contributed by atoms with E-state index in [0.29, 0.717) is 30.5 Å². The Kier molecular flexibility index (Phi) is 6.54. The molecule has 2 aromatic carbocycles. The number of amides is 1. The standard InChI is InChI=1S/C27H31N3O4/c1-29-27(34-24-13-7-6-12-23(24)32-2)22(25(28-29)19-9-4-3-5-10-19)18-30(26(31)20-14-15-20)17-21-11-8-16-33-21/h3-7,9-10,12-13,20-21H,8,11,14-18H2,1-2H3/t21-/m1/s1. The third-order valence-corrected chi connectivity index (χ3v) is 6.45. The number of rotatable bonds is 9. The average Bonchev–Trinajstić information content (AvgIpc) is 3.51. The zero-order chi connectivity index (χ0) is 23.5. The van der Waals surface area contributed by atoms with Crippen molar-refractivity contribution in [1.82, 2.24) is 14.7 Å². The number of methoxy groups -OCH3 is 1. The van der Waals surface area contributed by atoms with Crippen molar-refractivity contribution in [2.75, 3.05) is 20.3 Å². The van der Waals surface area contributed by atoms with Crippen LogP contribution in [0.25, 0.3) is 11.3 Å². The summed E-state index contributed by atoms with van der Waals surface area (Å²) in [6.45, 7) is 1.77. The first-order valence-electron chi connectivity index (χ1n) is 12.0. The first-order chi connectivity index (χ1) is 16.6. The van der Waals surface area contributed by atoms with Gasteiger partial charge in [0.15, 0.2) is 11.5 Å². The zero-order valence-corrected chi connectivity index (χ0v) is 19.8. The van der Waals surface area contributed by atoms with E-state index >= 15 is 0 Å². The second-order valence-electron chi connectivity index (χ2n) is 9.00. The van der Waals surface area contributed by atoms with Crippen LogP contribution in [0.15, 0.2) is 54.6 Å². The lowest BCUT2D eigenvalue weighted by molar-refractivity contribution is -0.134. The lowest BCUT2D eigenvalue weighted by Crippen LogP contribution is -2.38. The van der Waals surface area contributed by atoms with Crippen molar-refractivity contribution < 1.29 is 19.0 Å². The minimum absolute atomic E-state index is 0.0816. The van der Waals surface area contributed by atoms with Gasteiger partial charge in [0.2, 0.25) is 11.8 Å². The van der Waals surface area contributed by atoms with Crippen molar-refractivity contribution in [2.24, 2.45) is 13.0 Å². The van der Waals surface area contributed by atoms with Crippen LogP contribution in [0.1, 0.15) is 31.2 Å². The van der Waals surface area contributed by atoms with Gasteiger partial charge in [-0.3, -0.25) is 4.79 Å². The summed E-state index contributed by atoms with van der Waals surface area (Å²) in [5.41, 5.74) is 2.68. The van der Waals surface area contributed by atoms with Crippen LogP contribution in [-0.4, -0.2) is 47.0 Å². The van der Waals surface area contributed by atoms with E-state index in [1.165, 1.54) is 0 Å². The normalized spacial score (nSPS) is 17.5. The van der Waals surface area contributed by atoms with Gasteiger partial charge in [0.25, 0.3) is 0 Å². The zero-order valence-electron chi connectivity index (χ0n) is 19.8. The fourth-order valence-corrected chi connectivity index (χ4v) is 4.50. The van der Waals surface area contributed by atoms with Crippen LogP contribution in [0.4, 0.5) is 0 Å². The minimum Gasteiger partial charge on any atom is -0.493 e. The third-order valence-electron chi connectivity index (χ3n) is 6.45. The Morgan fingerprint density at radius 2 is 1.82 bits per heavy atom. The van der Waals surface area contributed by atoms with E-state index in [1.54, 1.807) is 11.8 Å². The average molecular weight is 462 g/mol. The van der Waals surface area contributed by atoms with Gasteiger partial charge in [0, 0.05) is 31.7 Å². The van der Waals surface area contributed by atoms with E-state index in [-0.39, 0.29) is 17.9 Å². The number of aryl methyl sites for hydroxylation is 1. The smallest absolute Gasteiger partial charge is 0.226 e. The Bertz CT molecular complexity index is 1130. The molecule has 0 bridgehead atoms. The fraction of sp³-hybridized carbons (Fsp3) is 0.407. The van der Waals surface area contributed by atoms with E-state index in [1.807, 2.05) is 66.5 Å². The molecule has 1 saturated carbocycles. The van der Waals surface area contributed by atoms with Gasteiger partial charge in [-0.05, 0) is 37.8 Å². The minimum atomic E-state index is 0.0816. The van der Waals surface area contributed by atoms with E-state index < -0.39 is 0 Å². The van der Waals surface area contributed by atoms with Crippen LogP contribution in [0, 0.1) is 5.92 Å². The number of hydrogen-bond acceptors (Lipinski definition) is 5. The summed E-state index contributed by atoms with van der Waals surface area (Å²) in [5, 5.41) is 4.82. The molecule has 2 heterocycles. The van der Waals surface area contributed by atoms with Crippen LogP contribution in [0.3, 0.4) is 0 Å². The highest BCUT2D eigenvalue weighted by molar-refractivity contribution is 5.81. The number of carbonyl (C=O) groups excluding carboxylic acids is 1. The van der Waals surface area contributed by atoms with Crippen LogP contribution >= 0.6 is 0 Å². The van der Waals surface area contributed by atoms with Gasteiger partial charge in [0.1, 0.15) is 5.69 Å². The lowest BCUT2D eigenvalue weighted by Gasteiger charge is -2.26. The summed E-state index contributed by atoms with van der Waals surface area (Å²) >= 11 is 0. The molecule has 0 unspecified atom stereocenters. The van der Waals surface area contributed by atoms with E-state index in [0.717, 1.165) is 49.1 Å². The van der Waals surface area contributed by atoms with Gasteiger partial charge in [-0.25, -0.2) is 4.68 Å². The van der Waals surface area contributed by atoms with Crippen LogP contribution in [0.2, 0.25) is 0 Å². The summed E-state index contributed by atoms with van der Waals surface area (Å²) in [6, 6.07) is 17.6. The molecule has 0 radical (unpaired) electrons. The number of hydrogen-bond donors (Lipinski definition) is 0. The quantitative estimate of drug-likeness (QED) is 0.458. The molecule has 2 aliphatic rings. The summed E-state index contributed by atoms with van der Waals surface area (Å²) in [5.74, 6) is 2.16. The number of aromatic nitrogens is 2. The predicted molar refractivity (Wildman–Crippen MR) is 129 cm³/mol. The molecule has 7 nitrogen and oxygen atoms in total. The molecule has 5 rings (SSSR count). The Balaban J connectivity index is 1.54. The monoisotopic (exact) mass is 461 g/mol. The Morgan fingerprint density at radius 1 is 1.09 bits per heavy atom. The molecule has 1 aliphatic carbocycles. The van der Waals surface area contributed by atoms with E-state index in [4.69, 9.17) is 19.3 Å². The maximum Gasteiger partial charge on any atom is 0.226 e. The van der Waals surface area contributed by atoms with Gasteiger partial charge < -0.3 is 19.1 Å². The molecule has 0 N–H and O–H groups in total. The molecule has 2 fully saturated rings. The number of ether oxygens (including phenoxy) is 3. The summed E-state index contributed by atoms with van der Waals surface area (Å²) < 4.78 is 19.5. The maximum atomic E-state index is 13.3. The molecule has 1 aromatic heterocycles. The molecular weight excluding hydrogens is 430 g/mol. The van der Waals surface area contributed by atoms with Gasteiger partial charge in [0.05, 0.1) is 25.3 Å². The highest BCUT2D eigenvalue weighted by atomic mass is 16.5. The lowest BCUT2D eigenvalue weighted by atomic mass is 10.1. The molecule has 1 atom stereocenters. The topological polar surface area (TPSA) is 65.8 Å². The third kappa shape index (κ3) is 4.80. The van der Waals surface area contributed by atoms with Gasteiger partial charge in [-0.1, -0.05) is 42.5 Å². The largest absolute Gasteiger partial charge is 0.493 e. The predicted octanol–water partition coefficient (Wildman–Crippen LogP) is 4.81. The Hall–Kier alpha value is -3.32. The Labute approximate surface area is 200 Å². The first kappa shape index (κ1) is 22.5. The number of benzene rings is 2. The van der Waals surface area contributed by atoms with Gasteiger partial charge in [-0.15, -0.1) is 0 Å². The SMILES string of the molecule is COc1ccccc1Oc1c(CN(C[C@H]2CCCO2)C(=O)C2CC2)c(-c2ccccc2)nn1C. The molecular formula is C27H31N3O4. The molecule has 1 saturated heterocycles. The van der Waals surface area contributed by atoms with Crippen molar-refractivity contribution in [1.29, 1.82) is 0 Å². The second kappa shape index (κ2) is 9.89. The maximum absolute atomic E-state index is 13.3. The molecule has 1 aliphatic heterocycles. The summed E-state index contributed by atoms with van der Waals surface area (Å²) in [4.78, 5) is 15.3. The highest BCUT2D eigenvalue weighted by Crippen LogP contribution is 2.38. The van der Waals surface area contributed by atoms with E-state index in [2.05, 4.69) is 0 Å². The molecule has 178 valence electrons. The summed E-state index contributed by atoms with van der Waals surface area (Å²) in [6.07, 6.45) is 4.03. The number of nitrogens with zero attached hydrogens (tertiary/aromatic N) is 3. The van der Waals surface area contributed by atoms with Gasteiger partial charge >= 0.3 is 0 Å². The van der Waals surface area contributed by atoms with Crippen molar-refractivity contribution in [3.05, 3.63) is 60.2 Å². The molecule has 3 aromatic rings. The number of para-hydroxylation sites is 2.